The average molecular weight is 304 g/mol. The van der Waals surface area contributed by atoms with Crippen LogP contribution in [0.2, 0.25) is 0 Å². The predicted molar refractivity (Wildman–Crippen MR) is 85.1 cm³/mol. The Morgan fingerprint density at radius 1 is 1.33 bits per heavy atom. The van der Waals surface area contributed by atoms with Crippen molar-refractivity contribution in [2.75, 3.05) is 6.54 Å². The fourth-order valence-electron chi connectivity index (χ4n) is 1.89. The number of aryl methyl sites for hydroxylation is 1. The molecule has 0 fully saturated rings. The number of benzene rings is 1. The SMILES string of the molecule is Cc1nc(CCNC(=O)c2ccc(OC(C)C)cc2)cs1. The van der Waals surface area contributed by atoms with Gasteiger partial charge in [0.2, 0.25) is 0 Å². The zero-order valence-electron chi connectivity index (χ0n) is 12.6. The Morgan fingerprint density at radius 3 is 2.62 bits per heavy atom. The first-order valence-corrected chi connectivity index (χ1v) is 7.88. The molecule has 0 radical (unpaired) electrons. The standard InChI is InChI=1S/C16H20N2O2S/c1-11(2)20-15-6-4-13(5-7-15)16(19)17-9-8-14-10-21-12(3)18-14/h4-7,10-11H,8-9H2,1-3H3,(H,17,19). The summed E-state index contributed by atoms with van der Waals surface area (Å²) >= 11 is 1.63. The average Bonchev–Trinajstić information content (AvgIpc) is 2.84. The number of carbonyl (C=O) groups is 1. The Morgan fingerprint density at radius 2 is 2.05 bits per heavy atom. The highest BCUT2D eigenvalue weighted by atomic mass is 32.1. The Bertz CT molecular complexity index is 591. The highest BCUT2D eigenvalue weighted by molar-refractivity contribution is 7.09. The number of nitrogens with zero attached hydrogens (tertiary/aromatic N) is 1. The van der Waals surface area contributed by atoms with E-state index < -0.39 is 0 Å². The Labute approximate surface area is 129 Å². The second-order valence-electron chi connectivity index (χ2n) is 5.05. The highest BCUT2D eigenvalue weighted by Crippen LogP contribution is 2.14. The molecule has 2 aromatic rings. The van der Waals surface area contributed by atoms with Crippen molar-refractivity contribution < 1.29 is 9.53 Å². The molecule has 0 saturated carbocycles. The van der Waals surface area contributed by atoms with Crippen LogP contribution >= 0.6 is 11.3 Å². The molecular weight excluding hydrogens is 284 g/mol. The first kappa shape index (κ1) is 15.5. The van der Waals surface area contributed by atoms with Gasteiger partial charge in [0, 0.05) is 23.9 Å². The molecule has 0 saturated heterocycles. The van der Waals surface area contributed by atoms with E-state index in [0.29, 0.717) is 12.1 Å². The summed E-state index contributed by atoms with van der Waals surface area (Å²) in [5, 5.41) is 5.98. The maximum Gasteiger partial charge on any atom is 0.251 e. The maximum absolute atomic E-state index is 12.0. The molecule has 1 heterocycles. The molecule has 1 amide bonds. The van der Waals surface area contributed by atoms with Gasteiger partial charge < -0.3 is 10.1 Å². The number of nitrogens with one attached hydrogen (secondary N) is 1. The Hall–Kier alpha value is -1.88. The highest BCUT2D eigenvalue weighted by Gasteiger charge is 2.06. The molecule has 2 rings (SSSR count). The molecule has 0 aliphatic carbocycles. The number of amides is 1. The number of hydrogen-bond donors (Lipinski definition) is 1. The lowest BCUT2D eigenvalue weighted by Crippen LogP contribution is -2.25. The maximum atomic E-state index is 12.0. The van der Waals surface area contributed by atoms with Crippen LogP contribution in [0.4, 0.5) is 0 Å². The van der Waals surface area contributed by atoms with E-state index in [9.17, 15) is 4.79 Å². The predicted octanol–water partition coefficient (Wildman–Crippen LogP) is 3.21. The van der Waals surface area contributed by atoms with E-state index in [1.807, 2.05) is 38.3 Å². The van der Waals surface area contributed by atoms with E-state index >= 15 is 0 Å². The van der Waals surface area contributed by atoms with Crippen LogP contribution in [0.25, 0.3) is 0 Å². The fraction of sp³-hybridized carbons (Fsp3) is 0.375. The Kier molecular flexibility index (Phi) is 5.33. The van der Waals surface area contributed by atoms with E-state index in [0.717, 1.165) is 22.9 Å². The van der Waals surface area contributed by atoms with E-state index in [1.54, 1.807) is 23.5 Å². The lowest BCUT2D eigenvalue weighted by Gasteiger charge is -2.10. The van der Waals surface area contributed by atoms with Crippen molar-refractivity contribution in [3.05, 3.63) is 45.9 Å². The topological polar surface area (TPSA) is 51.2 Å². The molecule has 1 aromatic heterocycles. The molecule has 4 nitrogen and oxygen atoms in total. The molecule has 0 aliphatic rings. The Balaban J connectivity index is 1.82. The summed E-state index contributed by atoms with van der Waals surface area (Å²) in [6.45, 7) is 6.52. The fourth-order valence-corrected chi connectivity index (χ4v) is 2.53. The van der Waals surface area contributed by atoms with Gasteiger partial charge in [0.05, 0.1) is 16.8 Å². The molecule has 0 spiro atoms. The van der Waals surface area contributed by atoms with Crippen LogP contribution in [0.3, 0.4) is 0 Å². The summed E-state index contributed by atoms with van der Waals surface area (Å²) in [4.78, 5) is 16.4. The second-order valence-corrected chi connectivity index (χ2v) is 6.12. The van der Waals surface area contributed by atoms with Crippen LogP contribution < -0.4 is 10.1 Å². The van der Waals surface area contributed by atoms with Gasteiger partial charge >= 0.3 is 0 Å². The summed E-state index contributed by atoms with van der Waals surface area (Å²) in [7, 11) is 0. The molecular formula is C16H20N2O2S. The van der Waals surface area contributed by atoms with Crippen LogP contribution in [-0.4, -0.2) is 23.5 Å². The smallest absolute Gasteiger partial charge is 0.251 e. The third-order valence-electron chi connectivity index (χ3n) is 2.82. The summed E-state index contributed by atoms with van der Waals surface area (Å²) < 4.78 is 5.55. The van der Waals surface area contributed by atoms with Gasteiger partial charge in [-0.3, -0.25) is 4.79 Å². The number of aromatic nitrogens is 1. The van der Waals surface area contributed by atoms with Gasteiger partial charge in [0.1, 0.15) is 5.75 Å². The van der Waals surface area contributed by atoms with E-state index in [2.05, 4.69) is 10.3 Å². The number of hydrogen-bond acceptors (Lipinski definition) is 4. The summed E-state index contributed by atoms with van der Waals surface area (Å²) in [6.07, 6.45) is 0.885. The molecule has 112 valence electrons. The van der Waals surface area contributed by atoms with Crippen molar-refractivity contribution in [1.29, 1.82) is 0 Å². The van der Waals surface area contributed by atoms with Crippen LogP contribution in [-0.2, 0) is 6.42 Å². The molecule has 0 atom stereocenters. The molecule has 1 N–H and O–H groups in total. The summed E-state index contributed by atoms with van der Waals surface area (Å²) in [6, 6.07) is 7.19. The van der Waals surface area contributed by atoms with Gasteiger partial charge in [-0.05, 0) is 45.0 Å². The molecule has 0 bridgehead atoms. The van der Waals surface area contributed by atoms with Crippen LogP contribution in [0.1, 0.15) is 34.9 Å². The summed E-state index contributed by atoms with van der Waals surface area (Å²) in [5.41, 5.74) is 1.67. The third-order valence-corrected chi connectivity index (χ3v) is 3.64. The minimum atomic E-state index is -0.0713. The number of ether oxygens (including phenoxy) is 1. The van der Waals surface area contributed by atoms with E-state index in [-0.39, 0.29) is 12.0 Å². The number of thiazole rings is 1. The minimum Gasteiger partial charge on any atom is -0.491 e. The van der Waals surface area contributed by atoms with Crippen molar-refractivity contribution in [2.45, 2.75) is 33.3 Å². The van der Waals surface area contributed by atoms with Gasteiger partial charge in [-0.1, -0.05) is 0 Å². The van der Waals surface area contributed by atoms with Crippen LogP contribution in [0, 0.1) is 6.92 Å². The van der Waals surface area contributed by atoms with E-state index in [1.165, 1.54) is 0 Å². The first-order chi connectivity index (χ1) is 10.0. The first-order valence-electron chi connectivity index (χ1n) is 7.00. The van der Waals surface area contributed by atoms with Crippen molar-refractivity contribution in [1.82, 2.24) is 10.3 Å². The number of rotatable bonds is 6. The van der Waals surface area contributed by atoms with Gasteiger partial charge in [-0.2, -0.15) is 0 Å². The van der Waals surface area contributed by atoms with Crippen molar-refractivity contribution in [2.24, 2.45) is 0 Å². The summed E-state index contributed by atoms with van der Waals surface area (Å²) in [5.74, 6) is 0.706. The van der Waals surface area contributed by atoms with Crippen molar-refractivity contribution in [3.8, 4) is 5.75 Å². The van der Waals surface area contributed by atoms with Gasteiger partial charge in [0.15, 0.2) is 0 Å². The van der Waals surface area contributed by atoms with Crippen molar-refractivity contribution in [3.63, 3.8) is 0 Å². The van der Waals surface area contributed by atoms with Crippen LogP contribution in [0.5, 0.6) is 5.75 Å². The quantitative estimate of drug-likeness (QED) is 0.891. The lowest BCUT2D eigenvalue weighted by molar-refractivity contribution is 0.0954. The lowest BCUT2D eigenvalue weighted by atomic mass is 10.2. The molecule has 1 aromatic carbocycles. The zero-order valence-corrected chi connectivity index (χ0v) is 13.4. The van der Waals surface area contributed by atoms with Gasteiger partial charge in [-0.15, -0.1) is 11.3 Å². The minimum absolute atomic E-state index is 0.0713. The van der Waals surface area contributed by atoms with Crippen molar-refractivity contribution >= 4 is 17.2 Å². The monoisotopic (exact) mass is 304 g/mol. The van der Waals surface area contributed by atoms with E-state index in [4.69, 9.17) is 4.74 Å². The molecule has 5 heteroatoms. The van der Waals surface area contributed by atoms with Crippen LogP contribution in [0.15, 0.2) is 29.6 Å². The molecule has 0 unspecified atom stereocenters. The molecule has 21 heavy (non-hydrogen) atoms. The second kappa shape index (κ2) is 7.22. The zero-order chi connectivity index (χ0) is 15.2. The number of carbonyl (C=O) groups excluding carboxylic acids is 1. The van der Waals surface area contributed by atoms with Gasteiger partial charge in [-0.25, -0.2) is 4.98 Å². The largest absolute Gasteiger partial charge is 0.491 e. The third kappa shape index (κ3) is 4.86. The normalized spacial score (nSPS) is 10.7. The van der Waals surface area contributed by atoms with Gasteiger partial charge in [0.25, 0.3) is 5.91 Å². The molecule has 0 aliphatic heterocycles.